The summed E-state index contributed by atoms with van der Waals surface area (Å²) in [7, 11) is 0. The van der Waals surface area contributed by atoms with Crippen molar-refractivity contribution in [3.05, 3.63) is 23.9 Å². The molecule has 104 valence electrons. The third-order valence-electron chi connectivity index (χ3n) is 2.84. The van der Waals surface area contributed by atoms with Crippen molar-refractivity contribution >= 4 is 0 Å². The zero-order valence-electron chi connectivity index (χ0n) is 11.5. The van der Waals surface area contributed by atoms with E-state index in [1.54, 1.807) is 6.26 Å². The van der Waals surface area contributed by atoms with E-state index in [2.05, 4.69) is 10.1 Å². The number of hydrogen-bond donors (Lipinski definition) is 1. The van der Waals surface area contributed by atoms with Crippen molar-refractivity contribution in [1.82, 2.24) is 10.1 Å². The van der Waals surface area contributed by atoms with Crippen molar-refractivity contribution < 1.29 is 13.7 Å². The Hall–Kier alpha value is -1.66. The zero-order valence-corrected chi connectivity index (χ0v) is 11.5. The van der Waals surface area contributed by atoms with E-state index in [1.165, 1.54) is 0 Å². The lowest BCUT2D eigenvalue weighted by Gasteiger charge is -2.19. The van der Waals surface area contributed by atoms with Gasteiger partial charge in [-0.2, -0.15) is 4.98 Å². The number of nitrogens with two attached hydrogens (primary N) is 1. The third-order valence-corrected chi connectivity index (χ3v) is 2.84. The van der Waals surface area contributed by atoms with Crippen molar-refractivity contribution in [1.29, 1.82) is 0 Å². The molecule has 0 aromatic carbocycles. The van der Waals surface area contributed by atoms with Crippen LogP contribution in [0, 0.1) is 0 Å². The average Bonchev–Trinajstić information content (AvgIpc) is 3.03. The molecule has 0 bridgehead atoms. The lowest BCUT2D eigenvalue weighted by Crippen LogP contribution is -2.39. The molecule has 19 heavy (non-hydrogen) atoms. The number of nitrogens with zero attached hydrogens (tertiary/aromatic N) is 2. The summed E-state index contributed by atoms with van der Waals surface area (Å²) in [6, 6.07) is 1.81. The molecule has 1 unspecified atom stereocenters. The highest BCUT2D eigenvalue weighted by Gasteiger charge is 2.28. The summed E-state index contributed by atoms with van der Waals surface area (Å²) < 4.78 is 15.9. The van der Waals surface area contributed by atoms with Gasteiger partial charge in [-0.05, 0) is 19.9 Å². The fraction of sp³-hybridized carbons (Fsp3) is 0.538. The minimum atomic E-state index is -0.770. The van der Waals surface area contributed by atoms with Gasteiger partial charge in [-0.3, -0.25) is 0 Å². The fourth-order valence-corrected chi connectivity index (χ4v) is 1.75. The van der Waals surface area contributed by atoms with Gasteiger partial charge in [0.2, 0.25) is 0 Å². The molecule has 6 heteroatoms. The molecule has 0 aliphatic rings. The molecule has 2 heterocycles. The molecule has 2 aromatic rings. The van der Waals surface area contributed by atoms with Crippen LogP contribution in [0.3, 0.4) is 0 Å². The van der Waals surface area contributed by atoms with Gasteiger partial charge in [-0.25, -0.2) is 0 Å². The first-order valence-corrected chi connectivity index (χ1v) is 6.36. The van der Waals surface area contributed by atoms with E-state index in [0.717, 1.165) is 17.7 Å². The van der Waals surface area contributed by atoms with Gasteiger partial charge in [0.15, 0.2) is 5.82 Å². The second kappa shape index (κ2) is 5.54. The Balaban J connectivity index is 2.24. The Morgan fingerprint density at radius 3 is 2.89 bits per heavy atom. The summed E-state index contributed by atoms with van der Waals surface area (Å²) in [6.07, 6.45) is 2.37. The maximum atomic E-state index is 6.13. The van der Waals surface area contributed by atoms with Gasteiger partial charge in [0.1, 0.15) is 11.3 Å². The fourth-order valence-electron chi connectivity index (χ4n) is 1.75. The molecule has 0 aliphatic carbocycles. The summed E-state index contributed by atoms with van der Waals surface area (Å²) >= 11 is 0. The third kappa shape index (κ3) is 2.85. The highest BCUT2D eigenvalue weighted by atomic mass is 16.5. The summed E-state index contributed by atoms with van der Waals surface area (Å²) in [4.78, 5) is 4.34. The number of aryl methyl sites for hydroxylation is 1. The Morgan fingerprint density at radius 2 is 2.21 bits per heavy atom. The first-order valence-electron chi connectivity index (χ1n) is 6.36. The standard InChI is InChI=1S/C13H19N3O3/c1-4-10-9(6-7-18-10)11-15-12(16-19-11)13(3,14)8-17-5-2/h6-7H,4-5,8,14H2,1-3H3. The summed E-state index contributed by atoms with van der Waals surface area (Å²) in [5.74, 6) is 1.67. The zero-order chi connectivity index (χ0) is 13.9. The van der Waals surface area contributed by atoms with Crippen LogP contribution in [-0.2, 0) is 16.7 Å². The summed E-state index contributed by atoms with van der Waals surface area (Å²) in [5.41, 5.74) is 6.17. The first kappa shape index (κ1) is 13.8. The molecule has 2 rings (SSSR count). The normalized spacial score (nSPS) is 14.5. The topological polar surface area (TPSA) is 87.3 Å². The lowest BCUT2D eigenvalue weighted by atomic mass is 10.1. The van der Waals surface area contributed by atoms with E-state index in [0.29, 0.717) is 24.9 Å². The lowest BCUT2D eigenvalue weighted by molar-refractivity contribution is 0.0962. The van der Waals surface area contributed by atoms with Gasteiger partial charge < -0.3 is 19.4 Å². The van der Waals surface area contributed by atoms with Gasteiger partial charge in [-0.15, -0.1) is 0 Å². The van der Waals surface area contributed by atoms with Gasteiger partial charge in [0.05, 0.1) is 18.4 Å². The number of ether oxygens (including phenoxy) is 1. The van der Waals surface area contributed by atoms with Crippen LogP contribution < -0.4 is 5.73 Å². The van der Waals surface area contributed by atoms with Crippen LogP contribution in [0.4, 0.5) is 0 Å². The van der Waals surface area contributed by atoms with Crippen LogP contribution in [0.2, 0.25) is 0 Å². The smallest absolute Gasteiger partial charge is 0.261 e. The SMILES string of the molecule is CCOCC(C)(N)c1noc(-c2ccoc2CC)n1. The van der Waals surface area contributed by atoms with Crippen LogP contribution >= 0.6 is 0 Å². The highest BCUT2D eigenvalue weighted by Crippen LogP contribution is 2.25. The van der Waals surface area contributed by atoms with Crippen LogP contribution in [0.5, 0.6) is 0 Å². The predicted molar refractivity (Wildman–Crippen MR) is 69.4 cm³/mol. The average molecular weight is 265 g/mol. The van der Waals surface area contributed by atoms with Gasteiger partial charge in [0.25, 0.3) is 5.89 Å². The van der Waals surface area contributed by atoms with E-state index in [1.807, 2.05) is 26.8 Å². The molecule has 0 saturated carbocycles. The van der Waals surface area contributed by atoms with E-state index in [-0.39, 0.29) is 0 Å². The molecule has 0 spiro atoms. The van der Waals surface area contributed by atoms with Gasteiger partial charge in [0, 0.05) is 13.0 Å². The highest BCUT2D eigenvalue weighted by molar-refractivity contribution is 5.55. The summed E-state index contributed by atoms with van der Waals surface area (Å²) in [5, 5.41) is 3.94. The van der Waals surface area contributed by atoms with E-state index < -0.39 is 5.54 Å². The molecule has 0 amide bonds. The van der Waals surface area contributed by atoms with Crippen LogP contribution in [0.15, 0.2) is 21.3 Å². The molecule has 0 radical (unpaired) electrons. The number of rotatable bonds is 6. The van der Waals surface area contributed by atoms with E-state index in [4.69, 9.17) is 19.4 Å². The van der Waals surface area contributed by atoms with Crippen molar-refractivity contribution in [2.75, 3.05) is 13.2 Å². The molecule has 0 saturated heterocycles. The molecule has 6 nitrogen and oxygen atoms in total. The van der Waals surface area contributed by atoms with Gasteiger partial charge in [-0.1, -0.05) is 12.1 Å². The molecular weight excluding hydrogens is 246 g/mol. The van der Waals surface area contributed by atoms with Crippen molar-refractivity contribution in [2.45, 2.75) is 32.7 Å². The van der Waals surface area contributed by atoms with Crippen molar-refractivity contribution in [3.8, 4) is 11.5 Å². The second-order valence-electron chi connectivity index (χ2n) is 4.59. The Kier molecular flexibility index (Phi) is 4.01. The largest absolute Gasteiger partial charge is 0.469 e. The van der Waals surface area contributed by atoms with E-state index >= 15 is 0 Å². The molecule has 2 N–H and O–H groups in total. The van der Waals surface area contributed by atoms with Gasteiger partial charge >= 0.3 is 0 Å². The quantitative estimate of drug-likeness (QED) is 0.860. The number of hydrogen-bond acceptors (Lipinski definition) is 6. The second-order valence-corrected chi connectivity index (χ2v) is 4.59. The Morgan fingerprint density at radius 1 is 1.42 bits per heavy atom. The van der Waals surface area contributed by atoms with Crippen molar-refractivity contribution in [3.63, 3.8) is 0 Å². The predicted octanol–water partition coefficient (Wildman–Crippen LogP) is 2.10. The molecule has 1 atom stereocenters. The molecule has 2 aromatic heterocycles. The molecule has 0 fully saturated rings. The van der Waals surface area contributed by atoms with Crippen LogP contribution in [0.1, 0.15) is 32.4 Å². The van der Waals surface area contributed by atoms with Crippen LogP contribution in [-0.4, -0.2) is 23.4 Å². The Labute approximate surface area is 111 Å². The number of furan rings is 1. The number of aromatic nitrogens is 2. The minimum absolute atomic E-state index is 0.342. The monoisotopic (exact) mass is 265 g/mol. The van der Waals surface area contributed by atoms with Crippen molar-refractivity contribution in [2.24, 2.45) is 5.73 Å². The van der Waals surface area contributed by atoms with E-state index in [9.17, 15) is 0 Å². The molecule has 0 aliphatic heterocycles. The summed E-state index contributed by atoms with van der Waals surface area (Å²) in [6.45, 7) is 6.67. The van der Waals surface area contributed by atoms with Crippen LogP contribution in [0.25, 0.3) is 11.5 Å². The minimum Gasteiger partial charge on any atom is -0.469 e. The first-order chi connectivity index (χ1) is 9.08. The maximum Gasteiger partial charge on any atom is 0.261 e. The molecular formula is C13H19N3O3. The Bertz CT molecular complexity index is 531. The maximum absolute atomic E-state index is 6.13.